The van der Waals surface area contributed by atoms with Crippen LogP contribution in [0.25, 0.3) is 0 Å². The molecule has 0 heterocycles. The van der Waals surface area contributed by atoms with Crippen molar-refractivity contribution in [1.82, 2.24) is 0 Å². The van der Waals surface area contributed by atoms with E-state index < -0.39 is 33.7 Å². The highest BCUT2D eigenvalue weighted by Gasteiger charge is 2.70. The second-order valence-electron chi connectivity index (χ2n) is 11.1. The monoisotopic (exact) mass is 400 g/mol. The molecule has 158 valence electrons. The van der Waals surface area contributed by atoms with Crippen LogP contribution in [0.2, 0.25) is 0 Å². The number of ketones is 4. The minimum atomic E-state index is -0.927. The maximum absolute atomic E-state index is 13.6. The summed E-state index contributed by atoms with van der Waals surface area (Å²) >= 11 is 0. The van der Waals surface area contributed by atoms with Crippen LogP contribution in [0.15, 0.2) is 11.1 Å². The van der Waals surface area contributed by atoms with Crippen LogP contribution < -0.4 is 0 Å². The molecule has 0 aromatic heterocycles. The van der Waals surface area contributed by atoms with Crippen LogP contribution in [0.1, 0.15) is 73.6 Å². The van der Waals surface area contributed by atoms with Crippen LogP contribution >= 0.6 is 0 Å². The van der Waals surface area contributed by atoms with E-state index >= 15 is 0 Å². The summed E-state index contributed by atoms with van der Waals surface area (Å²) in [6.45, 7) is 11.1. The Morgan fingerprint density at radius 1 is 1.00 bits per heavy atom. The van der Waals surface area contributed by atoms with Crippen molar-refractivity contribution in [2.45, 2.75) is 79.8 Å². The maximum Gasteiger partial charge on any atom is 0.160 e. The molecule has 4 aliphatic rings. The van der Waals surface area contributed by atoms with Crippen molar-refractivity contribution in [3.63, 3.8) is 0 Å². The summed E-state index contributed by atoms with van der Waals surface area (Å²) < 4.78 is 0. The third-order valence-electron chi connectivity index (χ3n) is 9.62. The highest BCUT2D eigenvalue weighted by Crippen LogP contribution is 2.69. The summed E-state index contributed by atoms with van der Waals surface area (Å²) in [5.74, 6) is -0.761. The van der Waals surface area contributed by atoms with Gasteiger partial charge in [0.2, 0.25) is 0 Å². The lowest BCUT2D eigenvalue weighted by molar-refractivity contribution is -0.147. The number of aliphatic hydroxyl groups excluding tert-OH is 1. The molecular formula is C24H32O5. The topological polar surface area (TPSA) is 88.5 Å². The molecular weight excluding hydrogens is 368 g/mol. The van der Waals surface area contributed by atoms with Crippen molar-refractivity contribution in [1.29, 1.82) is 0 Å². The smallest absolute Gasteiger partial charge is 0.160 e. The van der Waals surface area contributed by atoms with E-state index in [1.807, 2.05) is 34.6 Å². The summed E-state index contributed by atoms with van der Waals surface area (Å²) in [7, 11) is 0. The Morgan fingerprint density at radius 3 is 2.21 bits per heavy atom. The summed E-state index contributed by atoms with van der Waals surface area (Å²) in [5.41, 5.74) is -1.93. The lowest BCUT2D eigenvalue weighted by Gasteiger charge is -2.59. The largest absolute Gasteiger partial charge is 0.392 e. The van der Waals surface area contributed by atoms with Gasteiger partial charge < -0.3 is 5.11 Å². The minimum Gasteiger partial charge on any atom is -0.392 e. The molecule has 2 saturated carbocycles. The van der Waals surface area contributed by atoms with Gasteiger partial charge in [-0.15, -0.1) is 0 Å². The predicted octanol–water partition coefficient (Wildman–Crippen LogP) is 3.22. The van der Waals surface area contributed by atoms with E-state index in [4.69, 9.17) is 0 Å². The van der Waals surface area contributed by atoms with E-state index in [1.54, 1.807) is 0 Å². The fraction of sp³-hybridized carbons (Fsp3) is 0.750. The second-order valence-corrected chi connectivity index (χ2v) is 11.1. The van der Waals surface area contributed by atoms with Crippen molar-refractivity contribution in [3.8, 4) is 0 Å². The zero-order valence-corrected chi connectivity index (χ0v) is 18.3. The number of hydrogen-bond acceptors (Lipinski definition) is 5. The molecule has 0 aromatic rings. The highest BCUT2D eigenvalue weighted by atomic mass is 16.3. The fourth-order valence-corrected chi connectivity index (χ4v) is 7.62. The van der Waals surface area contributed by atoms with Crippen LogP contribution in [-0.2, 0) is 19.2 Å². The predicted molar refractivity (Wildman–Crippen MR) is 107 cm³/mol. The fourth-order valence-electron chi connectivity index (χ4n) is 7.62. The molecule has 0 unspecified atom stereocenters. The van der Waals surface area contributed by atoms with E-state index in [-0.39, 0.29) is 48.3 Å². The van der Waals surface area contributed by atoms with Crippen molar-refractivity contribution in [2.24, 2.45) is 33.5 Å². The number of rotatable bonds is 1. The van der Waals surface area contributed by atoms with Gasteiger partial charge in [0.25, 0.3) is 0 Å². The molecule has 0 aromatic carbocycles. The van der Waals surface area contributed by atoms with Gasteiger partial charge in [0.1, 0.15) is 11.6 Å². The van der Waals surface area contributed by atoms with Crippen LogP contribution in [0.3, 0.4) is 0 Å². The van der Waals surface area contributed by atoms with Gasteiger partial charge in [-0.1, -0.05) is 34.6 Å². The van der Waals surface area contributed by atoms with Crippen molar-refractivity contribution in [2.75, 3.05) is 0 Å². The van der Waals surface area contributed by atoms with Crippen molar-refractivity contribution < 1.29 is 24.3 Å². The molecule has 4 rings (SSSR count). The number of allylic oxidation sites excluding steroid dienone is 1. The first-order valence-electron chi connectivity index (χ1n) is 10.8. The summed E-state index contributed by atoms with van der Waals surface area (Å²) in [6.07, 6.45) is 0.755. The number of aliphatic hydroxyl groups is 1. The first kappa shape index (κ1) is 20.6. The van der Waals surface area contributed by atoms with E-state index in [0.717, 1.165) is 0 Å². The molecule has 0 bridgehead atoms. The van der Waals surface area contributed by atoms with Gasteiger partial charge in [0.15, 0.2) is 11.6 Å². The van der Waals surface area contributed by atoms with Crippen LogP contribution in [0.5, 0.6) is 0 Å². The summed E-state index contributed by atoms with van der Waals surface area (Å²) in [6, 6.07) is 0. The zero-order valence-electron chi connectivity index (χ0n) is 18.3. The standard InChI is InChI=1S/C24H32O5/c1-12(25)13-9-18(29)24(6)20-14(26)10-16-21(2,3)17(28)7-8-22(16,4)19(20)15(27)11-23(13,24)5/h13,16,18,29H,7-11H2,1-6H3/t13-,16+,18+,22+,23-,24+/m1/s1. The van der Waals surface area contributed by atoms with Crippen LogP contribution in [0, 0.1) is 33.5 Å². The molecule has 0 aliphatic heterocycles. The van der Waals surface area contributed by atoms with Crippen LogP contribution in [-0.4, -0.2) is 34.3 Å². The normalized spacial score (nSPS) is 46.3. The number of fused-ring (bicyclic) bond motifs is 4. The lowest BCUT2D eigenvalue weighted by atomic mass is 9.43. The Hall–Kier alpha value is -1.62. The molecule has 5 heteroatoms. The quantitative estimate of drug-likeness (QED) is 0.730. The van der Waals surface area contributed by atoms with Gasteiger partial charge >= 0.3 is 0 Å². The first-order chi connectivity index (χ1) is 13.2. The number of carbonyl (C=O) groups is 4. The van der Waals surface area contributed by atoms with Crippen molar-refractivity contribution in [3.05, 3.63) is 11.1 Å². The molecule has 1 N–H and O–H groups in total. The van der Waals surface area contributed by atoms with Crippen molar-refractivity contribution >= 4 is 23.1 Å². The molecule has 0 saturated heterocycles. The van der Waals surface area contributed by atoms with Gasteiger partial charge in [-0.05, 0) is 31.1 Å². The molecule has 5 nitrogen and oxygen atoms in total. The zero-order chi connectivity index (χ0) is 21.7. The number of Topliss-reactive ketones (excluding diaryl/α,β-unsaturated/α-hetero) is 4. The third kappa shape index (κ3) is 2.20. The maximum atomic E-state index is 13.6. The average molecular weight is 401 g/mol. The van der Waals surface area contributed by atoms with E-state index in [1.165, 1.54) is 6.92 Å². The number of carbonyl (C=O) groups excluding carboxylic acids is 4. The lowest BCUT2D eigenvalue weighted by Crippen LogP contribution is -2.59. The summed E-state index contributed by atoms with van der Waals surface area (Å²) in [5, 5.41) is 11.1. The second kappa shape index (κ2) is 5.75. The van der Waals surface area contributed by atoms with E-state index in [0.29, 0.717) is 24.0 Å². The Kier molecular flexibility index (Phi) is 4.09. The van der Waals surface area contributed by atoms with Gasteiger partial charge in [-0.25, -0.2) is 0 Å². The molecule has 4 aliphatic carbocycles. The molecule has 2 fully saturated rings. The molecule has 0 amide bonds. The Labute approximate surface area is 172 Å². The minimum absolute atomic E-state index is 0.0381. The van der Waals surface area contributed by atoms with E-state index in [2.05, 4.69) is 0 Å². The van der Waals surface area contributed by atoms with Gasteiger partial charge in [0.05, 0.1) is 6.10 Å². The third-order valence-corrected chi connectivity index (χ3v) is 9.62. The van der Waals surface area contributed by atoms with E-state index in [9.17, 15) is 24.3 Å². The SMILES string of the molecule is CC(=O)[C@H]1C[C@H](O)[C@@]2(C)C3=C(C(=O)C[C@]12C)[C@@]1(C)CCC(=O)C(C)(C)[C@@H]1CC3=O. The number of hydrogen-bond donors (Lipinski definition) is 1. The molecule has 0 radical (unpaired) electrons. The van der Waals surface area contributed by atoms with Gasteiger partial charge in [0, 0.05) is 52.6 Å². The van der Waals surface area contributed by atoms with Gasteiger partial charge in [-0.2, -0.15) is 0 Å². The Morgan fingerprint density at radius 2 is 1.62 bits per heavy atom. The molecule has 6 atom stereocenters. The summed E-state index contributed by atoms with van der Waals surface area (Å²) in [4.78, 5) is 52.2. The van der Waals surface area contributed by atoms with Crippen LogP contribution in [0.4, 0.5) is 0 Å². The first-order valence-corrected chi connectivity index (χ1v) is 10.8. The molecule has 29 heavy (non-hydrogen) atoms. The van der Waals surface area contributed by atoms with Gasteiger partial charge in [-0.3, -0.25) is 19.2 Å². The molecule has 0 spiro atoms. The average Bonchev–Trinajstić information content (AvgIpc) is 2.81. The Balaban J connectivity index is 1.99. The highest BCUT2D eigenvalue weighted by molar-refractivity contribution is 6.12. The Bertz CT molecular complexity index is 895.